The molecule has 0 saturated carbocycles. The predicted molar refractivity (Wildman–Crippen MR) is 137 cm³/mol. The summed E-state index contributed by atoms with van der Waals surface area (Å²) in [6.45, 7) is 6.93. The molecule has 2 aliphatic rings. The Morgan fingerprint density at radius 3 is 2.64 bits per heavy atom. The average Bonchev–Trinajstić information content (AvgIpc) is 3.18. The van der Waals surface area contributed by atoms with Crippen LogP contribution in [-0.4, -0.2) is 33.3 Å². The molecule has 5 rings (SSSR count). The third-order valence-electron chi connectivity index (χ3n) is 6.78. The Labute approximate surface area is 206 Å². The minimum absolute atomic E-state index is 0.0242. The van der Waals surface area contributed by atoms with E-state index in [0.717, 1.165) is 48.1 Å². The number of rotatable bonds is 6. The Bertz CT molecular complexity index is 1180. The van der Waals surface area contributed by atoms with E-state index in [1.165, 1.54) is 36.0 Å². The first kappa shape index (κ1) is 22.8. The van der Waals surface area contributed by atoms with E-state index in [0.29, 0.717) is 11.8 Å². The number of alkyl halides is 1. The molecule has 3 aromatic rings. The normalized spacial score (nSPS) is 17.8. The van der Waals surface area contributed by atoms with Gasteiger partial charge in [0.25, 0.3) is 0 Å². The summed E-state index contributed by atoms with van der Waals surface area (Å²) >= 11 is 13.2. The van der Waals surface area contributed by atoms with Crippen molar-refractivity contribution < 1.29 is 4.74 Å². The molecule has 4 nitrogen and oxygen atoms in total. The summed E-state index contributed by atoms with van der Waals surface area (Å²) in [4.78, 5) is 2.42. The first-order chi connectivity index (χ1) is 16.0. The van der Waals surface area contributed by atoms with Gasteiger partial charge in [-0.1, -0.05) is 36.2 Å². The van der Waals surface area contributed by atoms with Crippen molar-refractivity contribution in [2.75, 3.05) is 13.1 Å². The predicted octanol–water partition coefficient (Wildman–Crippen LogP) is 7.23. The molecule has 0 N–H and O–H groups in total. The summed E-state index contributed by atoms with van der Waals surface area (Å²) in [6, 6.07) is 12.9. The highest BCUT2D eigenvalue weighted by molar-refractivity contribution is 6.34. The van der Waals surface area contributed by atoms with Crippen LogP contribution >= 0.6 is 23.2 Å². The van der Waals surface area contributed by atoms with Gasteiger partial charge in [-0.05, 0) is 99.1 Å². The Hall–Kier alpha value is -2.01. The molecule has 33 heavy (non-hydrogen) atoms. The number of nitrogens with zero attached hydrogens (tertiary/aromatic N) is 3. The molecule has 1 aliphatic carbocycles. The van der Waals surface area contributed by atoms with Crippen LogP contribution in [0.25, 0.3) is 17.0 Å². The van der Waals surface area contributed by atoms with Gasteiger partial charge in [0.1, 0.15) is 17.9 Å². The number of benzene rings is 2. The van der Waals surface area contributed by atoms with Crippen molar-refractivity contribution in [3.05, 3.63) is 63.8 Å². The Morgan fingerprint density at radius 1 is 1.03 bits per heavy atom. The highest BCUT2D eigenvalue weighted by Crippen LogP contribution is 2.33. The van der Waals surface area contributed by atoms with E-state index < -0.39 is 0 Å². The second-order valence-electron chi connectivity index (χ2n) is 9.48. The molecule has 0 amide bonds. The summed E-state index contributed by atoms with van der Waals surface area (Å²) in [5, 5.41) is 5.98. The summed E-state index contributed by atoms with van der Waals surface area (Å²) in [6.07, 6.45) is 8.14. The number of ether oxygens (including phenoxy) is 1. The number of aryl methyl sites for hydroxylation is 1. The molecule has 174 valence electrons. The number of likely N-dealkylation sites (tertiary alicyclic amines) is 1. The van der Waals surface area contributed by atoms with Crippen LogP contribution in [0.2, 0.25) is 5.15 Å². The smallest absolute Gasteiger partial charge is 0.158 e. The number of hydrogen-bond acceptors (Lipinski definition) is 3. The molecule has 1 aromatic heterocycles. The molecule has 1 unspecified atom stereocenters. The molecule has 1 aliphatic heterocycles. The minimum Gasteiger partial charge on any atom is -0.489 e. The van der Waals surface area contributed by atoms with E-state index in [2.05, 4.69) is 66.3 Å². The van der Waals surface area contributed by atoms with E-state index >= 15 is 0 Å². The zero-order valence-electron chi connectivity index (χ0n) is 19.4. The highest BCUT2D eigenvalue weighted by Gasteiger charge is 2.24. The minimum atomic E-state index is 0.0242. The molecule has 0 spiro atoms. The van der Waals surface area contributed by atoms with Gasteiger partial charge in [0, 0.05) is 11.4 Å². The fourth-order valence-electron chi connectivity index (χ4n) is 4.95. The molecule has 2 aromatic carbocycles. The van der Waals surface area contributed by atoms with Gasteiger partial charge in [0.05, 0.1) is 5.52 Å². The van der Waals surface area contributed by atoms with Crippen LogP contribution in [0.5, 0.6) is 5.75 Å². The summed E-state index contributed by atoms with van der Waals surface area (Å²) < 4.78 is 8.11. The fourth-order valence-corrected chi connectivity index (χ4v) is 5.55. The van der Waals surface area contributed by atoms with Gasteiger partial charge >= 0.3 is 0 Å². The van der Waals surface area contributed by atoms with Crippen LogP contribution in [0, 0.1) is 0 Å². The van der Waals surface area contributed by atoms with Crippen molar-refractivity contribution in [2.24, 2.45) is 0 Å². The Morgan fingerprint density at radius 2 is 1.85 bits per heavy atom. The fraction of sp³-hybridized carbons (Fsp3) is 0.444. The topological polar surface area (TPSA) is 30.3 Å². The van der Waals surface area contributed by atoms with E-state index in [-0.39, 0.29) is 11.5 Å². The van der Waals surface area contributed by atoms with Crippen LogP contribution in [0.3, 0.4) is 0 Å². The summed E-state index contributed by atoms with van der Waals surface area (Å²) in [7, 11) is 0. The van der Waals surface area contributed by atoms with Crippen molar-refractivity contribution >= 4 is 40.2 Å². The lowest BCUT2D eigenvalue weighted by Gasteiger charge is -2.33. The van der Waals surface area contributed by atoms with E-state index in [1.807, 2.05) is 4.68 Å². The lowest BCUT2D eigenvalue weighted by molar-refractivity contribution is 0.224. The number of aromatic nitrogens is 2. The molecule has 2 heterocycles. The van der Waals surface area contributed by atoms with Crippen molar-refractivity contribution in [3.8, 4) is 5.75 Å². The lowest BCUT2D eigenvalue weighted by atomic mass is 9.91. The molecule has 1 saturated heterocycles. The molecular weight excluding hydrogens is 453 g/mol. The zero-order chi connectivity index (χ0) is 22.9. The first-order valence-corrected chi connectivity index (χ1v) is 12.8. The van der Waals surface area contributed by atoms with Crippen LogP contribution < -0.4 is 4.74 Å². The lowest BCUT2D eigenvalue weighted by Crippen LogP contribution is -2.37. The van der Waals surface area contributed by atoms with Gasteiger partial charge in [-0.15, -0.1) is 11.6 Å². The van der Waals surface area contributed by atoms with Gasteiger partial charge in [-0.25, -0.2) is 0 Å². The maximum absolute atomic E-state index is 6.84. The number of piperidine rings is 1. The quantitative estimate of drug-likeness (QED) is 0.273. The van der Waals surface area contributed by atoms with Crippen LogP contribution in [0.15, 0.2) is 42.0 Å². The van der Waals surface area contributed by atoms with E-state index in [9.17, 15) is 0 Å². The van der Waals surface area contributed by atoms with Crippen LogP contribution in [-0.2, 0) is 13.0 Å². The van der Waals surface area contributed by atoms with Gasteiger partial charge in [0.15, 0.2) is 5.15 Å². The molecule has 0 radical (unpaired) electrons. The van der Waals surface area contributed by atoms with Crippen LogP contribution in [0.1, 0.15) is 62.3 Å². The Kier molecular flexibility index (Phi) is 6.69. The van der Waals surface area contributed by atoms with Crippen LogP contribution in [0.4, 0.5) is 0 Å². The second-order valence-corrected chi connectivity index (χ2v) is 10.3. The third kappa shape index (κ3) is 4.80. The van der Waals surface area contributed by atoms with Crippen molar-refractivity contribution in [3.63, 3.8) is 0 Å². The molecule has 6 heteroatoms. The Balaban J connectivity index is 1.28. The molecule has 1 fully saturated rings. The largest absolute Gasteiger partial charge is 0.489 e. The monoisotopic (exact) mass is 483 g/mol. The molecule has 1 atom stereocenters. The van der Waals surface area contributed by atoms with Gasteiger partial charge in [0.2, 0.25) is 0 Å². The number of halogens is 2. The average molecular weight is 484 g/mol. The van der Waals surface area contributed by atoms with Crippen molar-refractivity contribution in [1.82, 2.24) is 14.7 Å². The number of fused-ring (bicyclic) bond motifs is 2. The third-order valence-corrected chi connectivity index (χ3v) is 7.61. The number of hydrogen-bond donors (Lipinski definition) is 0. The maximum Gasteiger partial charge on any atom is 0.158 e. The van der Waals surface area contributed by atoms with Gasteiger partial charge in [-0.2, -0.15) is 5.10 Å². The second kappa shape index (κ2) is 9.69. The van der Waals surface area contributed by atoms with Gasteiger partial charge < -0.3 is 4.74 Å². The van der Waals surface area contributed by atoms with Gasteiger partial charge in [-0.3, -0.25) is 9.58 Å². The molecule has 0 bridgehead atoms. The summed E-state index contributed by atoms with van der Waals surface area (Å²) in [5.74, 6) is 0.896. The van der Waals surface area contributed by atoms with E-state index in [4.69, 9.17) is 27.9 Å². The van der Waals surface area contributed by atoms with E-state index in [1.54, 1.807) is 0 Å². The first-order valence-electron chi connectivity index (χ1n) is 12.0. The summed E-state index contributed by atoms with van der Waals surface area (Å²) in [5.41, 5.74) is 6.09. The standard InChI is InChI=1S/C27H31Cl2N3O/c1-18(2)32-25-11-6-19(14-24(25)26(28)30-32)17-33-23-10-9-20-15-22(8-7-21(20)16-23)27(29)31-12-4-3-5-13-31/h6,9-11,14-16,18,27H,3-5,7-8,12-13,17H2,1-2H3. The zero-order valence-corrected chi connectivity index (χ0v) is 20.9. The molecular formula is C27H31Cl2N3O. The SMILES string of the molecule is CC(C)n1nc(Cl)c2cc(COc3ccc4c(c3)CCC(C(Cl)N3CCCCC3)=C4)ccc21. The highest BCUT2D eigenvalue weighted by atomic mass is 35.5. The van der Waals surface area contributed by atoms with Crippen molar-refractivity contribution in [1.29, 1.82) is 0 Å². The van der Waals surface area contributed by atoms with Crippen molar-refractivity contribution in [2.45, 2.75) is 64.1 Å². The maximum atomic E-state index is 6.84.